The van der Waals surface area contributed by atoms with Crippen molar-refractivity contribution in [1.82, 2.24) is 4.57 Å². The van der Waals surface area contributed by atoms with Crippen molar-refractivity contribution in [2.75, 3.05) is 41.7 Å². The van der Waals surface area contributed by atoms with Crippen LogP contribution in [0.5, 0.6) is 23.0 Å². The third-order valence-electron chi connectivity index (χ3n) is 7.69. The molecule has 0 radical (unpaired) electrons. The van der Waals surface area contributed by atoms with Crippen LogP contribution in [0.15, 0.2) is 60.8 Å². The number of aryl methyl sites for hydroxylation is 3. The van der Waals surface area contributed by atoms with Gasteiger partial charge in [-0.3, -0.25) is 4.79 Å². The Hall–Kier alpha value is -4.05. The summed E-state index contributed by atoms with van der Waals surface area (Å²) in [6, 6.07) is 17.4. The van der Waals surface area contributed by atoms with Gasteiger partial charge < -0.3 is 39.5 Å². The number of ether oxygens (including phenoxy) is 4. The molecule has 4 rings (SSSR count). The van der Waals surface area contributed by atoms with E-state index in [9.17, 15) is 15.0 Å². The van der Waals surface area contributed by atoms with Gasteiger partial charge in [0.25, 0.3) is 0 Å². The van der Waals surface area contributed by atoms with E-state index in [1.54, 1.807) is 19.2 Å². The van der Waals surface area contributed by atoms with Crippen LogP contribution < -0.4 is 24.7 Å². The van der Waals surface area contributed by atoms with Gasteiger partial charge in [0.15, 0.2) is 17.3 Å². The largest absolute Gasteiger partial charge is 0.497 e. The maximum Gasteiger partial charge on any atom is 0.203 e. The maximum atomic E-state index is 13.8. The number of aliphatic hydroxyl groups is 2. The quantitative estimate of drug-likeness (QED) is 0.180. The molecule has 0 aliphatic heterocycles. The monoisotopic (exact) mass is 576 g/mol. The molecule has 0 atom stereocenters. The van der Waals surface area contributed by atoms with E-state index in [2.05, 4.69) is 28.8 Å². The molecular weight excluding hydrogens is 536 g/mol. The lowest BCUT2D eigenvalue weighted by atomic mass is 9.93. The van der Waals surface area contributed by atoms with Gasteiger partial charge in [0.1, 0.15) is 5.75 Å². The lowest BCUT2D eigenvalue weighted by Crippen LogP contribution is -2.47. The van der Waals surface area contributed by atoms with Crippen molar-refractivity contribution in [1.29, 1.82) is 0 Å². The molecule has 224 valence electrons. The summed E-state index contributed by atoms with van der Waals surface area (Å²) in [4.78, 5) is 13.8. The van der Waals surface area contributed by atoms with Crippen LogP contribution in [0.25, 0.3) is 10.9 Å². The van der Waals surface area contributed by atoms with Crippen LogP contribution in [0.2, 0.25) is 0 Å². The predicted molar refractivity (Wildman–Crippen MR) is 162 cm³/mol. The van der Waals surface area contributed by atoms with E-state index in [0.29, 0.717) is 53.5 Å². The molecule has 3 aromatic carbocycles. The summed E-state index contributed by atoms with van der Waals surface area (Å²) in [6.45, 7) is 0.200. The third kappa shape index (κ3) is 6.70. The average Bonchev–Trinajstić information content (AvgIpc) is 3.40. The highest BCUT2D eigenvalue weighted by Crippen LogP contribution is 2.39. The van der Waals surface area contributed by atoms with Gasteiger partial charge in [0.2, 0.25) is 5.75 Å². The Morgan fingerprint density at radius 3 is 2.00 bits per heavy atom. The number of ketones is 1. The molecule has 0 amide bonds. The lowest BCUT2D eigenvalue weighted by Gasteiger charge is -2.24. The van der Waals surface area contributed by atoms with E-state index in [-0.39, 0.29) is 19.0 Å². The summed E-state index contributed by atoms with van der Waals surface area (Å²) < 4.78 is 23.9. The SMILES string of the molecule is COc1ccc2c(C(=O)c3cc(OC)c(OC)c(OC)c3)cn(CCCc3ccc(CCC(N)(CO)CO)cc3)c2c1. The van der Waals surface area contributed by atoms with Gasteiger partial charge >= 0.3 is 0 Å². The molecule has 0 unspecified atom stereocenters. The summed E-state index contributed by atoms with van der Waals surface area (Å²) in [5.41, 5.74) is 9.26. The van der Waals surface area contributed by atoms with Gasteiger partial charge in [0, 0.05) is 35.3 Å². The molecule has 0 saturated heterocycles. The van der Waals surface area contributed by atoms with Crippen LogP contribution in [0, 0.1) is 0 Å². The number of nitrogens with zero attached hydrogens (tertiary/aromatic N) is 1. The Bertz CT molecular complexity index is 1480. The van der Waals surface area contributed by atoms with Crippen LogP contribution in [0.1, 0.15) is 39.9 Å². The fraction of sp³-hybridized carbons (Fsp3) is 0.364. The Morgan fingerprint density at radius 1 is 0.833 bits per heavy atom. The Labute approximate surface area is 246 Å². The number of benzene rings is 3. The minimum atomic E-state index is -0.966. The van der Waals surface area contributed by atoms with E-state index in [1.165, 1.54) is 26.9 Å². The minimum Gasteiger partial charge on any atom is -0.497 e. The van der Waals surface area contributed by atoms with Crippen LogP contribution in [-0.4, -0.2) is 67.8 Å². The molecule has 0 saturated carbocycles. The van der Waals surface area contributed by atoms with Gasteiger partial charge in [-0.2, -0.15) is 0 Å². The number of fused-ring (bicyclic) bond motifs is 1. The smallest absolute Gasteiger partial charge is 0.203 e. The van der Waals surface area contributed by atoms with Crippen molar-refractivity contribution < 1.29 is 34.0 Å². The minimum absolute atomic E-state index is 0.150. The number of rotatable bonds is 15. The van der Waals surface area contributed by atoms with Crippen LogP contribution in [0.3, 0.4) is 0 Å². The maximum absolute atomic E-state index is 13.8. The standard InChI is InChI=1S/C33H40N2O7/c1-39-25-11-12-26-27(31(38)24-16-29(40-2)32(42-4)30(17-24)41-3)19-35(28(26)18-25)15-5-6-22-7-9-23(10-8-22)13-14-33(34,20-36)21-37/h7-12,16-19,36-37H,5-6,13-15,20-21,34H2,1-4H3. The van der Waals surface area contributed by atoms with Crippen molar-refractivity contribution in [3.05, 3.63) is 83.0 Å². The second-order valence-corrected chi connectivity index (χ2v) is 10.5. The molecule has 1 aromatic heterocycles. The first-order chi connectivity index (χ1) is 20.3. The number of aromatic nitrogens is 1. The molecule has 4 N–H and O–H groups in total. The molecule has 0 bridgehead atoms. The number of methoxy groups -OCH3 is 4. The second kappa shape index (κ2) is 13.7. The highest BCUT2D eigenvalue weighted by molar-refractivity contribution is 6.17. The lowest BCUT2D eigenvalue weighted by molar-refractivity contribution is 0.103. The molecule has 4 aromatic rings. The van der Waals surface area contributed by atoms with Crippen molar-refractivity contribution in [3.8, 4) is 23.0 Å². The molecule has 0 aliphatic rings. The second-order valence-electron chi connectivity index (χ2n) is 10.5. The number of hydrogen-bond donors (Lipinski definition) is 3. The fourth-order valence-corrected chi connectivity index (χ4v) is 5.06. The van der Waals surface area contributed by atoms with Gasteiger partial charge in [-0.25, -0.2) is 0 Å². The van der Waals surface area contributed by atoms with E-state index < -0.39 is 5.54 Å². The zero-order chi connectivity index (χ0) is 30.3. The van der Waals surface area contributed by atoms with Crippen molar-refractivity contribution in [3.63, 3.8) is 0 Å². The highest BCUT2D eigenvalue weighted by atomic mass is 16.5. The Balaban J connectivity index is 1.53. The van der Waals surface area contributed by atoms with Crippen LogP contribution in [-0.2, 0) is 19.4 Å². The molecular formula is C33H40N2O7. The molecule has 0 aliphatic carbocycles. The van der Waals surface area contributed by atoms with Gasteiger partial charge in [0.05, 0.1) is 52.7 Å². The van der Waals surface area contributed by atoms with Gasteiger partial charge in [-0.1, -0.05) is 24.3 Å². The fourth-order valence-electron chi connectivity index (χ4n) is 5.06. The third-order valence-corrected chi connectivity index (χ3v) is 7.69. The molecule has 1 heterocycles. The number of carbonyl (C=O) groups is 1. The molecule has 9 nitrogen and oxygen atoms in total. The molecule has 42 heavy (non-hydrogen) atoms. The topological polar surface area (TPSA) is 125 Å². The van der Waals surface area contributed by atoms with E-state index >= 15 is 0 Å². The molecule has 0 fully saturated rings. The van der Waals surface area contributed by atoms with E-state index in [4.69, 9.17) is 24.7 Å². The summed E-state index contributed by atoms with van der Waals surface area (Å²) in [6.07, 6.45) is 4.80. The predicted octanol–water partition coefficient (Wildman–Crippen LogP) is 4.15. The molecule has 9 heteroatoms. The first-order valence-electron chi connectivity index (χ1n) is 13.9. The normalized spacial score (nSPS) is 11.5. The zero-order valence-electron chi connectivity index (χ0n) is 24.7. The average molecular weight is 577 g/mol. The zero-order valence-corrected chi connectivity index (χ0v) is 24.7. The van der Waals surface area contributed by atoms with Gasteiger partial charge in [-0.05, 0) is 61.1 Å². The summed E-state index contributed by atoms with van der Waals surface area (Å²) in [5.74, 6) is 1.83. The number of hydrogen-bond acceptors (Lipinski definition) is 8. The summed E-state index contributed by atoms with van der Waals surface area (Å²) in [7, 11) is 6.20. The van der Waals surface area contributed by atoms with Crippen LogP contribution in [0.4, 0.5) is 0 Å². The summed E-state index contributed by atoms with van der Waals surface area (Å²) in [5, 5.41) is 19.7. The Kier molecular flexibility index (Phi) is 10.1. The number of nitrogens with two attached hydrogens (primary N) is 1. The van der Waals surface area contributed by atoms with Gasteiger partial charge in [-0.15, -0.1) is 0 Å². The van der Waals surface area contributed by atoms with Crippen molar-refractivity contribution >= 4 is 16.7 Å². The first kappa shape index (κ1) is 30.9. The van der Waals surface area contributed by atoms with Crippen LogP contribution >= 0.6 is 0 Å². The first-order valence-corrected chi connectivity index (χ1v) is 13.9. The number of carbonyl (C=O) groups excluding carboxylic acids is 1. The van der Waals surface area contributed by atoms with Crippen molar-refractivity contribution in [2.24, 2.45) is 5.73 Å². The van der Waals surface area contributed by atoms with Crippen molar-refractivity contribution in [2.45, 2.75) is 37.8 Å². The highest BCUT2D eigenvalue weighted by Gasteiger charge is 2.23. The molecule has 0 spiro atoms. The van der Waals surface area contributed by atoms with E-state index in [1.807, 2.05) is 24.4 Å². The Morgan fingerprint density at radius 2 is 1.45 bits per heavy atom. The number of aliphatic hydroxyl groups excluding tert-OH is 2. The summed E-state index contributed by atoms with van der Waals surface area (Å²) >= 11 is 0. The van der Waals surface area contributed by atoms with E-state index in [0.717, 1.165) is 29.3 Å².